The lowest BCUT2D eigenvalue weighted by molar-refractivity contribution is -0.384. The second-order valence-electron chi connectivity index (χ2n) is 6.43. The van der Waals surface area contributed by atoms with Crippen LogP contribution < -0.4 is 16.0 Å². The SMILES string of the molecule is CC(NC(=O)c1cccc([N+](=O)[O-])c1)C(=O)NCc1ccc2c(c1)CNC2.Cl. The summed E-state index contributed by atoms with van der Waals surface area (Å²) in [5.41, 5.74) is 3.44. The van der Waals surface area contributed by atoms with Gasteiger partial charge in [0, 0.05) is 37.3 Å². The topological polar surface area (TPSA) is 113 Å². The van der Waals surface area contributed by atoms with Crippen LogP contribution in [0.5, 0.6) is 0 Å². The van der Waals surface area contributed by atoms with Crippen molar-refractivity contribution >= 4 is 29.9 Å². The largest absolute Gasteiger partial charge is 0.350 e. The summed E-state index contributed by atoms with van der Waals surface area (Å²) in [6, 6.07) is 10.7. The van der Waals surface area contributed by atoms with E-state index < -0.39 is 16.9 Å². The number of fused-ring (bicyclic) bond motifs is 1. The van der Waals surface area contributed by atoms with Gasteiger partial charge in [0.2, 0.25) is 5.91 Å². The Morgan fingerprint density at radius 1 is 1.18 bits per heavy atom. The number of halogens is 1. The van der Waals surface area contributed by atoms with Crippen LogP contribution in [0, 0.1) is 10.1 Å². The van der Waals surface area contributed by atoms with Gasteiger partial charge in [-0.2, -0.15) is 0 Å². The van der Waals surface area contributed by atoms with E-state index in [-0.39, 0.29) is 29.6 Å². The van der Waals surface area contributed by atoms with Crippen molar-refractivity contribution in [3.63, 3.8) is 0 Å². The van der Waals surface area contributed by atoms with Gasteiger partial charge in [-0.1, -0.05) is 24.3 Å². The summed E-state index contributed by atoms with van der Waals surface area (Å²) in [7, 11) is 0. The Hall–Kier alpha value is -2.97. The first-order chi connectivity index (χ1) is 12.9. The van der Waals surface area contributed by atoms with Gasteiger partial charge in [0.15, 0.2) is 0 Å². The van der Waals surface area contributed by atoms with Gasteiger partial charge in [0.05, 0.1) is 4.92 Å². The van der Waals surface area contributed by atoms with Gasteiger partial charge in [0.1, 0.15) is 6.04 Å². The van der Waals surface area contributed by atoms with Crippen LogP contribution in [0.1, 0.15) is 34.0 Å². The van der Waals surface area contributed by atoms with E-state index in [1.165, 1.54) is 35.4 Å². The van der Waals surface area contributed by atoms with Crippen LogP contribution in [0.2, 0.25) is 0 Å². The highest BCUT2D eigenvalue weighted by Crippen LogP contribution is 2.17. The maximum atomic E-state index is 12.2. The van der Waals surface area contributed by atoms with E-state index in [1.54, 1.807) is 6.92 Å². The van der Waals surface area contributed by atoms with Gasteiger partial charge in [-0.25, -0.2) is 0 Å². The molecule has 1 aliphatic rings. The monoisotopic (exact) mass is 404 g/mol. The number of amides is 2. The van der Waals surface area contributed by atoms with Crippen LogP contribution in [0.4, 0.5) is 5.69 Å². The first-order valence-corrected chi connectivity index (χ1v) is 8.58. The Kier molecular flexibility index (Phi) is 7.08. The molecule has 0 aromatic heterocycles. The number of carbonyl (C=O) groups excluding carboxylic acids is 2. The van der Waals surface area contributed by atoms with Gasteiger partial charge in [-0.3, -0.25) is 19.7 Å². The summed E-state index contributed by atoms with van der Waals surface area (Å²) in [4.78, 5) is 34.7. The van der Waals surface area contributed by atoms with Crippen molar-refractivity contribution < 1.29 is 14.5 Å². The van der Waals surface area contributed by atoms with Crippen LogP contribution in [0.15, 0.2) is 42.5 Å². The standard InChI is InChI=1S/C19H20N4O4.ClH/c1-12(22-19(25)14-3-2-4-17(8-14)23(26)27)18(24)21-9-13-5-6-15-10-20-11-16(15)7-13;/h2-8,12,20H,9-11H2,1H3,(H,21,24)(H,22,25);1H. The second kappa shape index (κ2) is 9.29. The van der Waals surface area contributed by atoms with Crippen molar-refractivity contribution in [3.8, 4) is 0 Å². The molecule has 148 valence electrons. The van der Waals surface area contributed by atoms with Gasteiger partial charge in [-0.15, -0.1) is 12.4 Å². The van der Waals surface area contributed by atoms with Crippen LogP contribution in [0.3, 0.4) is 0 Å². The smallest absolute Gasteiger partial charge is 0.270 e. The van der Waals surface area contributed by atoms with E-state index >= 15 is 0 Å². The molecule has 0 fully saturated rings. The third-order valence-electron chi connectivity index (χ3n) is 4.43. The third kappa shape index (κ3) is 5.05. The minimum absolute atomic E-state index is 0. The molecule has 2 aromatic rings. The Morgan fingerprint density at radius 2 is 1.93 bits per heavy atom. The Labute approximate surface area is 168 Å². The summed E-state index contributed by atoms with van der Waals surface area (Å²) in [5.74, 6) is -0.864. The van der Waals surface area contributed by atoms with Gasteiger partial charge >= 0.3 is 0 Å². The quantitative estimate of drug-likeness (QED) is 0.503. The zero-order valence-corrected chi connectivity index (χ0v) is 16.0. The summed E-state index contributed by atoms with van der Waals surface area (Å²) in [6.45, 7) is 3.62. The number of nitrogens with zero attached hydrogens (tertiary/aromatic N) is 1. The summed E-state index contributed by atoms with van der Waals surface area (Å²) in [6.07, 6.45) is 0. The lowest BCUT2D eigenvalue weighted by Crippen LogP contribution is -2.44. The van der Waals surface area contributed by atoms with Crippen molar-refractivity contribution in [2.75, 3.05) is 0 Å². The number of hydrogen-bond donors (Lipinski definition) is 3. The van der Waals surface area contributed by atoms with E-state index in [0.29, 0.717) is 6.54 Å². The average molecular weight is 405 g/mol. The molecule has 9 heteroatoms. The predicted molar refractivity (Wildman–Crippen MR) is 106 cm³/mol. The van der Waals surface area contributed by atoms with E-state index in [1.807, 2.05) is 12.1 Å². The molecule has 0 saturated carbocycles. The Bertz CT molecular complexity index is 903. The zero-order chi connectivity index (χ0) is 19.4. The fourth-order valence-electron chi connectivity index (χ4n) is 2.91. The molecular weight excluding hydrogens is 384 g/mol. The minimum atomic E-state index is -0.771. The lowest BCUT2D eigenvalue weighted by atomic mass is 10.1. The first kappa shape index (κ1) is 21.3. The summed E-state index contributed by atoms with van der Waals surface area (Å²) < 4.78 is 0. The van der Waals surface area contributed by atoms with Crippen LogP contribution in [-0.4, -0.2) is 22.8 Å². The molecule has 3 N–H and O–H groups in total. The molecule has 0 aliphatic carbocycles. The van der Waals surface area contributed by atoms with E-state index in [9.17, 15) is 19.7 Å². The highest BCUT2D eigenvalue weighted by Gasteiger charge is 2.18. The lowest BCUT2D eigenvalue weighted by Gasteiger charge is -2.14. The molecule has 0 radical (unpaired) electrons. The normalized spacial score (nSPS) is 13.0. The van der Waals surface area contributed by atoms with E-state index in [0.717, 1.165) is 18.7 Å². The number of hydrogen-bond acceptors (Lipinski definition) is 5. The molecular formula is C19H21ClN4O4. The fraction of sp³-hybridized carbons (Fsp3) is 0.263. The molecule has 2 aromatic carbocycles. The summed E-state index contributed by atoms with van der Waals surface area (Å²) in [5, 5.41) is 19.4. The van der Waals surface area contributed by atoms with Crippen molar-refractivity contribution in [2.24, 2.45) is 0 Å². The van der Waals surface area contributed by atoms with Gasteiger partial charge in [0.25, 0.3) is 11.6 Å². The van der Waals surface area contributed by atoms with Crippen molar-refractivity contribution in [3.05, 3.63) is 74.8 Å². The number of nitro groups is 1. The fourth-order valence-corrected chi connectivity index (χ4v) is 2.91. The minimum Gasteiger partial charge on any atom is -0.350 e. The number of non-ortho nitro benzene ring substituents is 1. The Balaban J connectivity index is 0.00000280. The first-order valence-electron chi connectivity index (χ1n) is 8.58. The van der Waals surface area contributed by atoms with Crippen molar-refractivity contribution in [2.45, 2.75) is 32.6 Å². The number of carbonyl (C=O) groups is 2. The predicted octanol–water partition coefficient (Wildman–Crippen LogP) is 2.05. The molecule has 2 amide bonds. The number of nitro benzene ring substituents is 1. The molecule has 1 aliphatic heterocycles. The molecule has 3 rings (SSSR count). The molecule has 1 atom stereocenters. The highest BCUT2D eigenvalue weighted by atomic mass is 35.5. The number of nitrogens with one attached hydrogen (secondary N) is 3. The average Bonchev–Trinajstić information content (AvgIpc) is 3.13. The Morgan fingerprint density at radius 3 is 2.68 bits per heavy atom. The van der Waals surface area contributed by atoms with Crippen LogP contribution >= 0.6 is 12.4 Å². The van der Waals surface area contributed by atoms with E-state index in [2.05, 4.69) is 22.0 Å². The molecule has 1 heterocycles. The maximum absolute atomic E-state index is 12.2. The highest BCUT2D eigenvalue weighted by molar-refractivity contribution is 5.97. The van der Waals surface area contributed by atoms with Crippen LogP contribution in [0.25, 0.3) is 0 Å². The van der Waals surface area contributed by atoms with E-state index in [4.69, 9.17) is 0 Å². The molecule has 0 bridgehead atoms. The zero-order valence-electron chi connectivity index (χ0n) is 15.2. The molecule has 0 saturated heterocycles. The third-order valence-corrected chi connectivity index (χ3v) is 4.43. The maximum Gasteiger partial charge on any atom is 0.270 e. The van der Waals surface area contributed by atoms with Gasteiger partial charge < -0.3 is 16.0 Å². The summed E-state index contributed by atoms with van der Waals surface area (Å²) >= 11 is 0. The number of benzene rings is 2. The van der Waals surface area contributed by atoms with Crippen LogP contribution in [-0.2, 0) is 24.4 Å². The van der Waals surface area contributed by atoms with Gasteiger partial charge in [-0.05, 0) is 29.7 Å². The second-order valence-corrected chi connectivity index (χ2v) is 6.43. The van der Waals surface area contributed by atoms with Crippen molar-refractivity contribution in [1.82, 2.24) is 16.0 Å². The van der Waals surface area contributed by atoms with Crippen molar-refractivity contribution in [1.29, 1.82) is 0 Å². The molecule has 1 unspecified atom stereocenters. The molecule has 0 spiro atoms. The molecule has 8 nitrogen and oxygen atoms in total. The number of rotatable bonds is 6. The molecule has 28 heavy (non-hydrogen) atoms.